The highest BCUT2D eigenvalue weighted by Crippen LogP contribution is 2.22. The van der Waals surface area contributed by atoms with E-state index in [-0.39, 0.29) is 5.91 Å². The van der Waals surface area contributed by atoms with Gasteiger partial charge in [0.15, 0.2) is 0 Å². The Morgan fingerprint density at radius 2 is 1.96 bits per heavy atom. The van der Waals surface area contributed by atoms with Gasteiger partial charge in [0.1, 0.15) is 0 Å². The predicted molar refractivity (Wildman–Crippen MR) is 98.2 cm³/mol. The lowest BCUT2D eigenvalue weighted by molar-refractivity contribution is -0.124. The summed E-state index contributed by atoms with van der Waals surface area (Å²) in [4.78, 5) is 14.0. The number of carbonyl (C=O) groups is 1. The van der Waals surface area contributed by atoms with Gasteiger partial charge < -0.3 is 9.47 Å². The van der Waals surface area contributed by atoms with Gasteiger partial charge in [0.25, 0.3) is 0 Å². The molecule has 0 radical (unpaired) electrons. The van der Waals surface area contributed by atoms with E-state index in [9.17, 15) is 4.79 Å². The van der Waals surface area contributed by atoms with Crippen LogP contribution in [0.15, 0.2) is 61.8 Å². The molecule has 4 heteroatoms. The Morgan fingerprint density at radius 1 is 1.25 bits per heavy atom. The van der Waals surface area contributed by atoms with Crippen molar-refractivity contribution in [1.29, 1.82) is 5.26 Å². The van der Waals surface area contributed by atoms with Crippen LogP contribution in [0.25, 0.3) is 17.0 Å². The molecule has 1 amide bonds. The van der Waals surface area contributed by atoms with E-state index in [4.69, 9.17) is 5.26 Å². The molecule has 0 aliphatic heterocycles. The molecule has 0 spiro atoms. The first-order valence-electron chi connectivity index (χ1n) is 7.85. The van der Waals surface area contributed by atoms with Gasteiger partial charge in [-0.25, -0.2) is 0 Å². The molecule has 0 bridgehead atoms. The minimum Gasteiger partial charge on any atom is -0.346 e. The summed E-state index contributed by atoms with van der Waals surface area (Å²) in [6.45, 7) is 8.96. The van der Waals surface area contributed by atoms with E-state index in [1.165, 1.54) is 0 Å². The number of nitrogens with zero attached hydrogens (tertiary/aromatic N) is 3. The number of carbonyl (C=O) groups excluding carboxylic acids is 1. The number of nitriles is 1. The molecule has 0 atom stereocenters. The minimum absolute atomic E-state index is 0.0799. The second-order valence-electron chi connectivity index (χ2n) is 5.36. The van der Waals surface area contributed by atoms with Gasteiger partial charge in [-0.05, 0) is 12.1 Å². The number of aromatic nitrogens is 1. The Bertz CT molecular complexity index is 798. The van der Waals surface area contributed by atoms with Crippen molar-refractivity contribution in [3.8, 4) is 6.07 Å². The van der Waals surface area contributed by atoms with Crippen LogP contribution in [0.1, 0.15) is 12.0 Å². The molecule has 0 N–H and O–H groups in total. The Kier molecular flexibility index (Phi) is 6.16. The summed E-state index contributed by atoms with van der Waals surface area (Å²) in [5.41, 5.74) is 2.03. The molecule has 1 aromatic carbocycles. The number of rotatable bonds is 8. The van der Waals surface area contributed by atoms with Crippen LogP contribution in [0.5, 0.6) is 0 Å². The third-order valence-corrected chi connectivity index (χ3v) is 3.70. The van der Waals surface area contributed by atoms with E-state index in [0.717, 1.165) is 16.5 Å². The number of fused-ring (bicyclic) bond motifs is 1. The molecule has 0 fully saturated rings. The molecule has 2 rings (SSSR count). The fourth-order valence-electron chi connectivity index (χ4n) is 2.60. The van der Waals surface area contributed by atoms with Gasteiger partial charge in [-0.3, -0.25) is 4.79 Å². The molecule has 4 nitrogen and oxygen atoms in total. The fourth-order valence-corrected chi connectivity index (χ4v) is 2.60. The van der Waals surface area contributed by atoms with Crippen LogP contribution < -0.4 is 0 Å². The van der Waals surface area contributed by atoms with Gasteiger partial charge in [0, 0.05) is 48.4 Å². The monoisotopic (exact) mass is 319 g/mol. The lowest BCUT2D eigenvalue weighted by Crippen LogP contribution is -2.29. The Hall–Kier alpha value is -3.06. The molecule has 122 valence electrons. The zero-order valence-corrected chi connectivity index (χ0v) is 13.7. The van der Waals surface area contributed by atoms with E-state index in [1.807, 2.05) is 41.1 Å². The summed E-state index contributed by atoms with van der Waals surface area (Å²) in [6.07, 6.45) is 9.23. The van der Waals surface area contributed by atoms with Gasteiger partial charge in [-0.15, -0.1) is 13.2 Å². The molecule has 1 heterocycles. The van der Waals surface area contributed by atoms with Crippen LogP contribution in [-0.2, 0) is 11.3 Å². The molecule has 2 aromatic rings. The van der Waals surface area contributed by atoms with Crippen LogP contribution in [0.4, 0.5) is 0 Å². The number of amides is 1. The van der Waals surface area contributed by atoms with Crippen LogP contribution in [0.2, 0.25) is 0 Å². The molecule has 0 aliphatic carbocycles. The van der Waals surface area contributed by atoms with Gasteiger partial charge in [0.05, 0.1) is 12.5 Å². The second kappa shape index (κ2) is 8.54. The third-order valence-electron chi connectivity index (χ3n) is 3.70. The van der Waals surface area contributed by atoms with Gasteiger partial charge in [0.2, 0.25) is 5.91 Å². The van der Waals surface area contributed by atoms with Crippen molar-refractivity contribution in [2.75, 3.05) is 13.1 Å². The molecular weight excluding hydrogens is 298 g/mol. The first kappa shape index (κ1) is 17.3. The van der Waals surface area contributed by atoms with E-state index in [1.54, 1.807) is 23.1 Å². The van der Waals surface area contributed by atoms with Crippen molar-refractivity contribution in [1.82, 2.24) is 9.47 Å². The summed E-state index contributed by atoms with van der Waals surface area (Å²) in [5, 5.41) is 9.87. The molecule has 0 aliphatic rings. The number of hydrogen-bond donors (Lipinski definition) is 0. The maximum atomic E-state index is 12.3. The van der Waals surface area contributed by atoms with E-state index in [2.05, 4.69) is 19.2 Å². The predicted octanol–water partition coefficient (Wildman–Crippen LogP) is 3.77. The summed E-state index contributed by atoms with van der Waals surface area (Å²) < 4.78 is 2.05. The van der Waals surface area contributed by atoms with E-state index >= 15 is 0 Å². The molecule has 24 heavy (non-hydrogen) atoms. The Labute approximate surface area is 142 Å². The minimum atomic E-state index is -0.0799. The maximum Gasteiger partial charge on any atom is 0.247 e. The largest absolute Gasteiger partial charge is 0.346 e. The summed E-state index contributed by atoms with van der Waals surface area (Å²) in [5.74, 6) is -0.0799. The topological polar surface area (TPSA) is 49.0 Å². The smallest absolute Gasteiger partial charge is 0.247 e. The first-order valence-corrected chi connectivity index (χ1v) is 7.85. The van der Waals surface area contributed by atoms with Crippen LogP contribution in [0, 0.1) is 11.3 Å². The van der Waals surface area contributed by atoms with Crippen molar-refractivity contribution in [2.24, 2.45) is 0 Å². The Balaban J connectivity index is 2.28. The summed E-state index contributed by atoms with van der Waals surface area (Å²) in [6, 6.07) is 10.1. The molecule has 0 unspecified atom stereocenters. The number of hydrogen-bond acceptors (Lipinski definition) is 2. The van der Waals surface area contributed by atoms with Crippen molar-refractivity contribution in [2.45, 2.75) is 13.0 Å². The highest BCUT2D eigenvalue weighted by atomic mass is 16.2. The standard InChI is InChI=1S/C20H21N3O/c1-3-13-22(14-4-2)20(24)11-10-17-16-23(15-7-12-21)19-9-6-5-8-18(17)19/h3-6,8-11,16H,1-2,7,13-15H2/b11-10+. The average molecular weight is 319 g/mol. The highest BCUT2D eigenvalue weighted by Gasteiger charge is 2.09. The normalized spacial score (nSPS) is 10.6. The molecular formula is C20H21N3O. The average Bonchev–Trinajstić information content (AvgIpc) is 2.95. The molecule has 1 aromatic heterocycles. The van der Waals surface area contributed by atoms with Gasteiger partial charge >= 0.3 is 0 Å². The Morgan fingerprint density at radius 3 is 2.62 bits per heavy atom. The highest BCUT2D eigenvalue weighted by molar-refractivity contribution is 5.96. The van der Waals surface area contributed by atoms with Gasteiger partial charge in [-0.1, -0.05) is 30.4 Å². The summed E-state index contributed by atoms with van der Waals surface area (Å²) in [7, 11) is 0. The summed E-state index contributed by atoms with van der Waals surface area (Å²) >= 11 is 0. The van der Waals surface area contributed by atoms with Crippen molar-refractivity contribution >= 4 is 22.9 Å². The zero-order chi connectivity index (χ0) is 17.4. The van der Waals surface area contributed by atoms with E-state index < -0.39 is 0 Å². The van der Waals surface area contributed by atoms with Crippen LogP contribution in [-0.4, -0.2) is 28.5 Å². The fraction of sp³-hybridized carbons (Fsp3) is 0.200. The molecule has 0 saturated heterocycles. The quantitative estimate of drug-likeness (QED) is 0.549. The SMILES string of the molecule is C=CCN(CC=C)C(=O)/C=C/c1cn(CCC#N)c2ccccc12. The third kappa shape index (κ3) is 4.02. The lowest BCUT2D eigenvalue weighted by atomic mass is 10.1. The second-order valence-corrected chi connectivity index (χ2v) is 5.36. The van der Waals surface area contributed by atoms with Crippen molar-refractivity contribution < 1.29 is 4.79 Å². The van der Waals surface area contributed by atoms with Crippen LogP contribution in [0.3, 0.4) is 0 Å². The van der Waals surface area contributed by atoms with Gasteiger partial charge in [-0.2, -0.15) is 5.26 Å². The molecule has 0 saturated carbocycles. The van der Waals surface area contributed by atoms with Crippen molar-refractivity contribution in [3.05, 3.63) is 67.4 Å². The number of para-hydroxylation sites is 1. The first-order chi connectivity index (χ1) is 11.7. The van der Waals surface area contributed by atoms with Crippen LogP contribution >= 0.6 is 0 Å². The lowest BCUT2D eigenvalue weighted by Gasteiger charge is -2.16. The number of benzene rings is 1. The maximum absolute atomic E-state index is 12.3. The number of aryl methyl sites for hydroxylation is 1. The van der Waals surface area contributed by atoms with E-state index in [0.29, 0.717) is 26.1 Å². The zero-order valence-electron chi connectivity index (χ0n) is 13.7. The van der Waals surface area contributed by atoms with Crippen molar-refractivity contribution in [3.63, 3.8) is 0 Å².